The van der Waals surface area contributed by atoms with Crippen LogP contribution in [0.25, 0.3) is 0 Å². The van der Waals surface area contributed by atoms with Crippen LogP contribution in [0.5, 0.6) is 5.75 Å². The minimum Gasteiger partial charge on any atom is -0.495 e. The first-order valence-corrected chi connectivity index (χ1v) is 10.3. The number of hydrogen-bond donors (Lipinski definition) is 1. The molecule has 2 aromatic carbocycles. The second-order valence-electron chi connectivity index (χ2n) is 6.24. The van der Waals surface area contributed by atoms with Crippen LogP contribution in [-0.4, -0.2) is 43.8 Å². The van der Waals surface area contributed by atoms with Crippen molar-refractivity contribution in [2.75, 3.05) is 25.5 Å². The minimum atomic E-state index is -4.12. The molecule has 1 amide bonds. The number of nitro benzene ring substituents is 1. The Bertz CT molecular complexity index is 1010. The average molecular weight is 421 g/mol. The molecular formula is C19H23N3O6S. The molecule has 0 unspecified atom stereocenters. The van der Waals surface area contributed by atoms with Gasteiger partial charge in [0.1, 0.15) is 5.75 Å². The molecule has 0 aliphatic carbocycles. The van der Waals surface area contributed by atoms with E-state index in [2.05, 4.69) is 5.32 Å². The number of ether oxygens (including phenoxy) is 1. The lowest BCUT2D eigenvalue weighted by Gasteiger charge is -2.22. The zero-order chi connectivity index (χ0) is 21.6. The number of anilines is 1. The normalized spacial score (nSPS) is 11.3. The van der Waals surface area contributed by atoms with Crippen LogP contribution < -0.4 is 10.1 Å². The predicted octanol–water partition coefficient (Wildman–Crippen LogP) is 2.95. The summed E-state index contributed by atoms with van der Waals surface area (Å²) in [5.74, 6) is -0.102. The van der Waals surface area contributed by atoms with E-state index in [0.717, 1.165) is 4.31 Å². The number of nitro groups is 1. The number of rotatable bonds is 9. The number of amides is 1. The van der Waals surface area contributed by atoms with Crippen molar-refractivity contribution in [3.63, 3.8) is 0 Å². The van der Waals surface area contributed by atoms with Gasteiger partial charge in [-0.3, -0.25) is 14.9 Å². The minimum absolute atomic E-state index is 0.0312. The van der Waals surface area contributed by atoms with Crippen molar-refractivity contribution in [3.8, 4) is 5.75 Å². The molecule has 0 aromatic heterocycles. The molecule has 0 aliphatic rings. The maximum absolute atomic E-state index is 13.1. The van der Waals surface area contributed by atoms with Crippen molar-refractivity contribution < 1.29 is 22.9 Å². The number of para-hydroxylation sites is 2. The molecular weight excluding hydrogens is 398 g/mol. The van der Waals surface area contributed by atoms with Crippen LogP contribution in [0, 0.1) is 17.0 Å². The first-order valence-electron chi connectivity index (χ1n) is 8.89. The second-order valence-corrected chi connectivity index (χ2v) is 8.15. The SMILES string of the molecule is CCCN(CC(=O)Nc1ccccc1OC)S(=O)(=O)c1cccc([N+](=O)[O-])c1C. The summed E-state index contributed by atoms with van der Waals surface area (Å²) in [5, 5.41) is 13.8. The van der Waals surface area contributed by atoms with Crippen molar-refractivity contribution >= 4 is 27.3 Å². The Hall–Kier alpha value is -2.98. The average Bonchev–Trinajstić information content (AvgIpc) is 2.67. The lowest BCUT2D eigenvalue weighted by Crippen LogP contribution is -2.38. The lowest BCUT2D eigenvalue weighted by molar-refractivity contribution is -0.385. The molecule has 0 heterocycles. The van der Waals surface area contributed by atoms with E-state index in [4.69, 9.17) is 4.74 Å². The van der Waals surface area contributed by atoms with Gasteiger partial charge in [-0.05, 0) is 31.5 Å². The third-order valence-corrected chi connectivity index (χ3v) is 6.23. The van der Waals surface area contributed by atoms with Gasteiger partial charge in [-0.1, -0.05) is 25.1 Å². The van der Waals surface area contributed by atoms with E-state index in [1.807, 2.05) is 0 Å². The standard InChI is InChI=1S/C19H23N3O6S/c1-4-12-21(13-19(23)20-15-8-5-6-10-17(15)28-3)29(26,27)18-11-7-9-16(14(18)2)22(24)25/h5-11H,4,12-13H2,1-3H3,(H,20,23). The van der Waals surface area contributed by atoms with E-state index in [1.54, 1.807) is 31.2 Å². The number of sulfonamides is 1. The third-order valence-electron chi connectivity index (χ3n) is 4.24. The predicted molar refractivity (Wildman–Crippen MR) is 109 cm³/mol. The molecule has 0 fully saturated rings. The van der Waals surface area contributed by atoms with Crippen molar-refractivity contribution in [1.29, 1.82) is 0 Å². The van der Waals surface area contributed by atoms with E-state index in [1.165, 1.54) is 32.2 Å². The quantitative estimate of drug-likeness (QED) is 0.491. The van der Waals surface area contributed by atoms with Crippen LogP contribution in [0.4, 0.5) is 11.4 Å². The zero-order valence-corrected chi connectivity index (χ0v) is 17.2. The second kappa shape index (κ2) is 9.48. The molecule has 0 atom stereocenters. The van der Waals surface area contributed by atoms with E-state index < -0.39 is 27.4 Å². The van der Waals surface area contributed by atoms with Crippen LogP contribution in [0.3, 0.4) is 0 Å². The summed E-state index contributed by atoms with van der Waals surface area (Å²) >= 11 is 0. The zero-order valence-electron chi connectivity index (χ0n) is 16.4. The fraction of sp³-hybridized carbons (Fsp3) is 0.316. The molecule has 2 aromatic rings. The molecule has 29 heavy (non-hydrogen) atoms. The number of benzene rings is 2. The van der Waals surface area contributed by atoms with E-state index in [-0.39, 0.29) is 22.7 Å². The van der Waals surface area contributed by atoms with Crippen molar-refractivity contribution in [2.45, 2.75) is 25.2 Å². The first-order chi connectivity index (χ1) is 13.7. The number of hydrogen-bond acceptors (Lipinski definition) is 6. The Kier molecular flexibility index (Phi) is 7.29. The summed E-state index contributed by atoms with van der Waals surface area (Å²) in [5.41, 5.74) is 0.158. The summed E-state index contributed by atoms with van der Waals surface area (Å²) in [6.07, 6.45) is 0.467. The van der Waals surface area contributed by atoms with Gasteiger partial charge in [0.15, 0.2) is 0 Å². The van der Waals surface area contributed by atoms with Crippen LogP contribution in [-0.2, 0) is 14.8 Å². The highest BCUT2D eigenvalue weighted by Gasteiger charge is 2.30. The van der Waals surface area contributed by atoms with Crippen molar-refractivity contribution in [1.82, 2.24) is 4.31 Å². The van der Waals surface area contributed by atoms with Crippen LogP contribution >= 0.6 is 0 Å². The Morgan fingerprint density at radius 3 is 2.52 bits per heavy atom. The summed E-state index contributed by atoms with van der Waals surface area (Å²) < 4.78 is 32.4. The number of nitrogens with zero attached hydrogens (tertiary/aromatic N) is 2. The molecule has 0 spiro atoms. The van der Waals surface area contributed by atoms with Gasteiger partial charge in [0.2, 0.25) is 15.9 Å². The molecule has 156 valence electrons. The van der Waals surface area contributed by atoms with Crippen LogP contribution in [0.1, 0.15) is 18.9 Å². The fourth-order valence-electron chi connectivity index (χ4n) is 2.85. The molecule has 0 saturated heterocycles. The van der Waals surface area contributed by atoms with E-state index >= 15 is 0 Å². The largest absolute Gasteiger partial charge is 0.495 e. The Morgan fingerprint density at radius 2 is 1.90 bits per heavy atom. The summed E-state index contributed by atoms with van der Waals surface area (Å²) in [6.45, 7) is 2.81. The Labute approximate surface area is 169 Å². The molecule has 0 radical (unpaired) electrons. The highest BCUT2D eigenvalue weighted by molar-refractivity contribution is 7.89. The molecule has 0 saturated carbocycles. The summed E-state index contributed by atoms with van der Waals surface area (Å²) in [4.78, 5) is 22.9. The lowest BCUT2D eigenvalue weighted by atomic mass is 10.2. The molecule has 0 bridgehead atoms. The molecule has 2 rings (SSSR count). The highest BCUT2D eigenvalue weighted by Crippen LogP contribution is 2.28. The van der Waals surface area contributed by atoms with E-state index in [0.29, 0.717) is 17.9 Å². The van der Waals surface area contributed by atoms with Crippen LogP contribution in [0.2, 0.25) is 0 Å². The van der Waals surface area contributed by atoms with Crippen LogP contribution in [0.15, 0.2) is 47.4 Å². The molecule has 10 heteroatoms. The number of methoxy groups -OCH3 is 1. The fourth-order valence-corrected chi connectivity index (χ4v) is 4.58. The van der Waals surface area contributed by atoms with Gasteiger partial charge in [0, 0.05) is 18.2 Å². The monoisotopic (exact) mass is 421 g/mol. The van der Waals surface area contributed by atoms with Crippen molar-refractivity contribution in [2.24, 2.45) is 0 Å². The Balaban J connectivity index is 2.32. The smallest absolute Gasteiger partial charge is 0.273 e. The van der Waals surface area contributed by atoms with Gasteiger partial charge in [-0.2, -0.15) is 4.31 Å². The molecule has 0 aliphatic heterocycles. The molecule has 1 N–H and O–H groups in total. The van der Waals surface area contributed by atoms with Gasteiger partial charge >= 0.3 is 0 Å². The maximum atomic E-state index is 13.1. The summed E-state index contributed by atoms with van der Waals surface area (Å²) in [6, 6.07) is 10.6. The van der Waals surface area contributed by atoms with Gasteiger partial charge in [-0.15, -0.1) is 0 Å². The Morgan fingerprint density at radius 1 is 1.21 bits per heavy atom. The van der Waals surface area contributed by atoms with Gasteiger partial charge < -0.3 is 10.1 Å². The number of nitrogens with one attached hydrogen (secondary N) is 1. The number of carbonyl (C=O) groups is 1. The summed E-state index contributed by atoms with van der Waals surface area (Å²) in [7, 11) is -2.65. The highest BCUT2D eigenvalue weighted by atomic mass is 32.2. The van der Waals surface area contributed by atoms with E-state index in [9.17, 15) is 23.3 Å². The third kappa shape index (κ3) is 5.09. The maximum Gasteiger partial charge on any atom is 0.273 e. The van der Waals surface area contributed by atoms with Crippen molar-refractivity contribution in [3.05, 3.63) is 58.1 Å². The van der Waals surface area contributed by atoms with Gasteiger partial charge in [0.05, 0.1) is 29.2 Å². The van der Waals surface area contributed by atoms with Gasteiger partial charge in [0.25, 0.3) is 5.69 Å². The molecule has 9 nitrogen and oxygen atoms in total. The topological polar surface area (TPSA) is 119 Å². The first kappa shape index (κ1) is 22.3. The number of carbonyl (C=O) groups excluding carboxylic acids is 1. The van der Waals surface area contributed by atoms with Gasteiger partial charge in [-0.25, -0.2) is 8.42 Å².